The van der Waals surface area contributed by atoms with Crippen molar-refractivity contribution in [1.29, 1.82) is 0 Å². The summed E-state index contributed by atoms with van der Waals surface area (Å²) in [5, 5.41) is 2.58. The molecule has 0 saturated carbocycles. The third-order valence-electron chi connectivity index (χ3n) is 0.970. The van der Waals surface area contributed by atoms with Gasteiger partial charge in [-0.15, -0.1) is 0 Å². The van der Waals surface area contributed by atoms with E-state index in [1.807, 2.05) is 13.8 Å². The predicted molar refractivity (Wildman–Crippen MR) is 37.9 cm³/mol. The second-order valence-corrected chi connectivity index (χ2v) is 1.65. The van der Waals surface area contributed by atoms with Gasteiger partial charge in [0.1, 0.15) is 0 Å². The van der Waals surface area contributed by atoms with Gasteiger partial charge in [-0.05, 0) is 6.42 Å². The van der Waals surface area contributed by atoms with Crippen LogP contribution in [0.2, 0.25) is 0 Å². The van der Waals surface area contributed by atoms with Gasteiger partial charge in [0.2, 0.25) is 5.91 Å². The monoisotopic (exact) mass is 127 g/mol. The number of nitrogens with one attached hydrogen (secondary N) is 1. The Balaban J connectivity index is 0.000000291. The molecule has 0 aromatic carbocycles. The molecule has 0 aliphatic carbocycles. The van der Waals surface area contributed by atoms with Crippen LogP contribution in [0.25, 0.3) is 0 Å². The summed E-state index contributed by atoms with van der Waals surface area (Å²) in [6, 6.07) is 0. The van der Waals surface area contributed by atoms with Crippen LogP contribution in [0.1, 0.15) is 26.7 Å². The first-order chi connectivity index (χ1) is 4.29. The Morgan fingerprint density at radius 1 is 1.44 bits per heavy atom. The molecule has 0 aromatic rings. The molecule has 2 heteroatoms. The molecule has 1 saturated heterocycles. The summed E-state index contributed by atoms with van der Waals surface area (Å²) < 4.78 is 0. The largest absolute Gasteiger partial charge is 0.330 e. The average molecular weight is 127 g/mol. The average Bonchev–Trinajstić information content (AvgIpc) is 2.20. The first-order valence-corrected chi connectivity index (χ1v) is 3.26. The minimum absolute atomic E-state index is 0.102. The van der Waals surface area contributed by atoms with Crippen LogP contribution in [0.15, 0.2) is 12.3 Å². The summed E-state index contributed by atoms with van der Waals surface area (Å²) in [5.41, 5.74) is 0.852. The Labute approximate surface area is 56.0 Å². The molecule has 0 spiro atoms. The summed E-state index contributed by atoms with van der Waals surface area (Å²) in [5.74, 6) is 0.102. The summed E-state index contributed by atoms with van der Waals surface area (Å²) in [7, 11) is 0. The lowest BCUT2D eigenvalue weighted by atomic mass is 10.3. The molecule has 1 heterocycles. The SMILES string of the molecule is C=C1CCC(=O)N1.CC. The Morgan fingerprint density at radius 2 is 2.00 bits per heavy atom. The van der Waals surface area contributed by atoms with E-state index in [0.29, 0.717) is 6.42 Å². The normalized spacial score (nSPS) is 16.2. The van der Waals surface area contributed by atoms with Crippen LogP contribution >= 0.6 is 0 Å². The molecule has 0 atom stereocenters. The lowest BCUT2D eigenvalue weighted by Crippen LogP contribution is -2.10. The van der Waals surface area contributed by atoms with Gasteiger partial charge in [0.25, 0.3) is 0 Å². The van der Waals surface area contributed by atoms with E-state index in [2.05, 4.69) is 11.9 Å². The number of hydrogen-bond donors (Lipinski definition) is 1. The highest BCUT2D eigenvalue weighted by molar-refractivity contribution is 5.80. The topological polar surface area (TPSA) is 29.1 Å². The first kappa shape index (κ1) is 8.21. The maximum absolute atomic E-state index is 10.3. The molecule has 1 amide bonds. The molecule has 0 unspecified atom stereocenters. The van der Waals surface area contributed by atoms with Crippen molar-refractivity contribution < 1.29 is 4.79 Å². The van der Waals surface area contributed by atoms with Gasteiger partial charge in [0, 0.05) is 12.1 Å². The van der Waals surface area contributed by atoms with E-state index < -0.39 is 0 Å². The molecule has 0 bridgehead atoms. The van der Waals surface area contributed by atoms with Gasteiger partial charge in [-0.25, -0.2) is 0 Å². The molecule has 2 nitrogen and oxygen atoms in total. The fraction of sp³-hybridized carbons (Fsp3) is 0.571. The van der Waals surface area contributed by atoms with Crippen LogP contribution in [-0.2, 0) is 4.79 Å². The predicted octanol–water partition coefficient (Wildman–Crippen LogP) is 1.44. The van der Waals surface area contributed by atoms with Crippen LogP contribution in [0, 0.1) is 0 Å². The van der Waals surface area contributed by atoms with E-state index in [1.54, 1.807) is 0 Å². The van der Waals surface area contributed by atoms with Crippen molar-refractivity contribution in [1.82, 2.24) is 5.32 Å². The molecule has 1 rings (SSSR count). The molecule has 0 aromatic heterocycles. The Bertz CT molecular complexity index is 104. The van der Waals surface area contributed by atoms with E-state index >= 15 is 0 Å². The number of rotatable bonds is 0. The quantitative estimate of drug-likeness (QED) is 0.524. The maximum Gasteiger partial charge on any atom is 0.224 e. The molecule has 0 radical (unpaired) electrons. The Hall–Kier alpha value is -0.790. The second kappa shape index (κ2) is 4.13. The lowest BCUT2D eigenvalue weighted by Gasteiger charge is -1.86. The fourth-order valence-corrected chi connectivity index (χ4v) is 0.587. The van der Waals surface area contributed by atoms with Gasteiger partial charge in [0.15, 0.2) is 0 Å². The van der Waals surface area contributed by atoms with E-state index in [0.717, 1.165) is 12.1 Å². The standard InChI is InChI=1S/C5H7NO.C2H6/c1-4-2-3-5(7)6-4;1-2/h1-3H2,(H,6,7);1-2H3. The highest BCUT2D eigenvalue weighted by Gasteiger charge is 2.10. The van der Waals surface area contributed by atoms with E-state index in [1.165, 1.54) is 0 Å². The zero-order chi connectivity index (χ0) is 7.28. The fourth-order valence-electron chi connectivity index (χ4n) is 0.587. The van der Waals surface area contributed by atoms with Gasteiger partial charge >= 0.3 is 0 Å². The number of amides is 1. The summed E-state index contributed by atoms with van der Waals surface area (Å²) in [6.45, 7) is 7.57. The summed E-state index contributed by atoms with van der Waals surface area (Å²) in [4.78, 5) is 10.3. The summed E-state index contributed by atoms with van der Waals surface area (Å²) in [6.07, 6.45) is 1.44. The molecule has 1 fully saturated rings. The van der Waals surface area contributed by atoms with Crippen molar-refractivity contribution in [2.75, 3.05) is 0 Å². The highest BCUT2D eigenvalue weighted by atomic mass is 16.1. The molecule has 1 N–H and O–H groups in total. The van der Waals surface area contributed by atoms with Crippen LogP contribution in [0.5, 0.6) is 0 Å². The molecular formula is C7H13NO. The van der Waals surface area contributed by atoms with Crippen LogP contribution < -0.4 is 5.32 Å². The van der Waals surface area contributed by atoms with Crippen molar-refractivity contribution in [3.63, 3.8) is 0 Å². The molecule has 9 heavy (non-hydrogen) atoms. The van der Waals surface area contributed by atoms with Gasteiger partial charge in [-0.3, -0.25) is 4.79 Å². The lowest BCUT2D eigenvalue weighted by molar-refractivity contribution is -0.118. The number of hydrogen-bond acceptors (Lipinski definition) is 1. The van der Waals surface area contributed by atoms with Crippen LogP contribution in [-0.4, -0.2) is 5.91 Å². The minimum atomic E-state index is 0.102. The third kappa shape index (κ3) is 2.90. The number of carbonyl (C=O) groups excluding carboxylic acids is 1. The van der Waals surface area contributed by atoms with Gasteiger partial charge < -0.3 is 5.32 Å². The smallest absolute Gasteiger partial charge is 0.224 e. The Kier molecular flexibility index (Phi) is 3.76. The van der Waals surface area contributed by atoms with Crippen molar-refractivity contribution in [2.24, 2.45) is 0 Å². The third-order valence-corrected chi connectivity index (χ3v) is 0.970. The molecular weight excluding hydrogens is 114 g/mol. The zero-order valence-corrected chi connectivity index (χ0v) is 6.03. The second-order valence-electron chi connectivity index (χ2n) is 1.65. The highest BCUT2D eigenvalue weighted by Crippen LogP contribution is 2.05. The van der Waals surface area contributed by atoms with Gasteiger partial charge in [0.05, 0.1) is 0 Å². The van der Waals surface area contributed by atoms with E-state index in [9.17, 15) is 4.79 Å². The van der Waals surface area contributed by atoms with Crippen molar-refractivity contribution >= 4 is 5.91 Å². The molecule has 1 aliphatic rings. The van der Waals surface area contributed by atoms with Crippen LogP contribution in [0.4, 0.5) is 0 Å². The summed E-state index contributed by atoms with van der Waals surface area (Å²) >= 11 is 0. The van der Waals surface area contributed by atoms with E-state index in [4.69, 9.17) is 0 Å². The van der Waals surface area contributed by atoms with Gasteiger partial charge in [-0.1, -0.05) is 20.4 Å². The zero-order valence-electron chi connectivity index (χ0n) is 6.03. The van der Waals surface area contributed by atoms with Gasteiger partial charge in [-0.2, -0.15) is 0 Å². The van der Waals surface area contributed by atoms with E-state index in [-0.39, 0.29) is 5.91 Å². The van der Waals surface area contributed by atoms with Crippen molar-refractivity contribution in [3.8, 4) is 0 Å². The molecule has 1 aliphatic heterocycles. The molecule has 52 valence electrons. The first-order valence-electron chi connectivity index (χ1n) is 3.26. The van der Waals surface area contributed by atoms with Crippen LogP contribution in [0.3, 0.4) is 0 Å². The minimum Gasteiger partial charge on any atom is -0.330 e. The number of allylic oxidation sites excluding steroid dienone is 1. The number of carbonyl (C=O) groups is 1. The van der Waals surface area contributed by atoms with Crippen molar-refractivity contribution in [3.05, 3.63) is 12.3 Å². The van der Waals surface area contributed by atoms with Crippen molar-refractivity contribution in [2.45, 2.75) is 26.7 Å². The maximum atomic E-state index is 10.3. The Morgan fingerprint density at radius 3 is 2.11 bits per heavy atom.